The third-order valence-corrected chi connectivity index (χ3v) is 3.13. The number of nitrogens with two attached hydrogens (primary N) is 1. The highest BCUT2D eigenvalue weighted by Crippen LogP contribution is 2.49. The van der Waals surface area contributed by atoms with E-state index in [1.54, 1.807) is 18.9 Å². The van der Waals surface area contributed by atoms with Crippen molar-refractivity contribution in [2.24, 2.45) is 17.6 Å². The Morgan fingerprint density at radius 2 is 2.13 bits per heavy atom. The molecule has 3 atom stereocenters. The van der Waals surface area contributed by atoms with Gasteiger partial charge in [0, 0.05) is 13.1 Å². The van der Waals surface area contributed by atoms with Crippen LogP contribution in [0.4, 0.5) is 13.2 Å². The Morgan fingerprint density at radius 3 is 2.47 bits per heavy atom. The molecular formula is C10H17F3N2. The van der Waals surface area contributed by atoms with Crippen molar-refractivity contribution in [3.63, 3.8) is 0 Å². The summed E-state index contributed by atoms with van der Waals surface area (Å²) in [5.41, 5.74) is 5.44. The molecule has 0 spiro atoms. The molecule has 1 aliphatic carbocycles. The van der Waals surface area contributed by atoms with Crippen molar-refractivity contribution in [3.8, 4) is 0 Å². The van der Waals surface area contributed by atoms with Crippen molar-refractivity contribution in [1.29, 1.82) is 0 Å². The average Bonchev–Trinajstić information content (AvgIpc) is 2.81. The van der Waals surface area contributed by atoms with Gasteiger partial charge in [0.2, 0.25) is 0 Å². The molecule has 0 saturated heterocycles. The van der Waals surface area contributed by atoms with Crippen molar-refractivity contribution in [2.75, 3.05) is 7.05 Å². The summed E-state index contributed by atoms with van der Waals surface area (Å²) in [5.74, 6) is -1.19. The quantitative estimate of drug-likeness (QED) is 0.791. The van der Waals surface area contributed by atoms with Gasteiger partial charge < -0.3 is 10.6 Å². The first-order chi connectivity index (χ1) is 6.79. The summed E-state index contributed by atoms with van der Waals surface area (Å²) in [6, 6.07) is -0.0888. The number of nitrogens with zero attached hydrogens (tertiary/aromatic N) is 1. The summed E-state index contributed by atoms with van der Waals surface area (Å²) in [6.45, 7) is 5.09. The van der Waals surface area contributed by atoms with E-state index in [-0.39, 0.29) is 18.4 Å². The van der Waals surface area contributed by atoms with Crippen LogP contribution in [0.3, 0.4) is 0 Å². The Kier molecular flexibility index (Phi) is 3.21. The summed E-state index contributed by atoms with van der Waals surface area (Å²) in [7, 11) is 1.69. The number of hydrogen-bond donors (Lipinski definition) is 1. The number of alkyl halides is 3. The predicted molar refractivity (Wildman–Crippen MR) is 52.8 cm³/mol. The molecule has 15 heavy (non-hydrogen) atoms. The third-order valence-electron chi connectivity index (χ3n) is 3.13. The van der Waals surface area contributed by atoms with Crippen molar-refractivity contribution >= 4 is 0 Å². The molecule has 2 N–H and O–H groups in total. The number of hydrogen-bond acceptors (Lipinski definition) is 2. The molecule has 0 bridgehead atoms. The van der Waals surface area contributed by atoms with Gasteiger partial charge in [0.05, 0.1) is 11.7 Å². The molecule has 0 aliphatic heterocycles. The first kappa shape index (κ1) is 12.2. The van der Waals surface area contributed by atoms with Crippen molar-refractivity contribution in [3.05, 3.63) is 12.4 Å². The molecular weight excluding hydrogens is 205 g/mol. The lowest BCUT2D eigenvalue weighted by Gasteiger charge is -2.23. The van der Waals surface area contributed by atoms with Gasteiger partial charge in [-0.2, -0.15) is 13.2 Å². The van der Waals surface area contributed by atoms with Gasteiger partial charge >= 0.3 is 6.18 Å². The van der Waals surface area contributed by atoms with Gasteiger partial charge in [-0.05, 0) is 18.8 Å². The van der Waals surface area contributed by atoms with E-state index >= 15 is 0 Å². The Balaban J connectivity index is 2.59. The molecule has 0 aromatic heterocycles. The van der Waals surface area contributed by atoms with Crippen molar-refractivity contribution in [2.45, 2.75) is 32.0 Å². The molecule has 2 nitrogen and oxygen atoms in total. The smallest absolute Gasteiger partial charge is 0.386 e. The van der Waals surface area contributed by atoms with Crippen LogP contribution in [0.15, 0.2) is 12.4 Å². The highest BCUT2D eigenvalue weighted by atomic mass is 19.4. The summed E-state index contributed by atoms with van der Waals surface area (Å²) >= 11 is 0. The monoisotopic (exact) mass is 222 g/mol. The van der Waals surface area contributed by atoms with Gasteiger partial charge in [-0.25, -0.2) is 0 Å². The number of rotatable bonds is 4. The van der Waals surface area contributed by atoms with Crippen LogP contribution in [0, 0.1) is 11.8 Å². The van der Waals surface area contributed by atoms with E-state index in [2.05, 4.69) is 6.58 Å². The van der Waals surface area contributed by atoms with Crippen LogP contribution in [-0.2, 0) is 0 Å². The first-order valence-corrected chi connectivity index (χ1v) is 5.03. The maximum atomic E-state index is 12.6. The van der Waals surface area contributed by atoms with E-state index < -0.39 is 12.1 Å². The fourth-order valence-electron chi connectivity index (χ4n) is 2.07. The standard InChI is InChI=1S/C10H17F3N2/c1-4-8(10(11,12)13)7-5-9(7)15(3)6(2)14/h7-9H,2,4-5,14H2,1,3H3. The molecule has 0 aromatic carbocycles. The molecule has 0 aromatic rings. The van der Waals surface area contributed by atoms with E-state index in [0.29, 0.717) is 12.2 Å². The molecule has 0 amide bonds. The average molecular weight is 222 g/mol. The fraction of sp³-hybridized carbons (Fsp3) is 0.800. The van der Waals surface area contributed by atoms with E-state index in [1.807, 2.05) is 0 Å². The van der Waals surface area contributed by atoms with Crippen LogP contribution in [0.1, 0.15) is 19.8 Å². The summed E-state index contributed by atoms with van der Waals surface area (Å²) < 4.78 is 37.7. The zero-order chi connectivity index (χ0) is 11.8. The van der Waals surface area contributed by atoms with E-state index in [1.165, 1.54) is 0 Å². The molecule has 88 valence electrons. The van der Waals surface area contributed by atoms with E-state index in [9.17, 15) is 13.2 Å². The lowest BCUT2D eigenvalue weighted by atomic mass is 9.99. The molecule has 0 radical (unpaired) electrons. The summed E-state index contributed by atoms with van der Waals surface area (Å²) in [4.78, 5) is 1.64. The van der Waals surface area contributed by atoms with Crippen LogP contribution in [0.5, 0.6) is 0 Å². The summed E-state index contributed by atoms with van der Waals surface area (Å²) in [5, 5.41) is 0. The second-order valence-electron chi connectivity index (χ2n) is 4.13. The lowest BCUT2D eigenvalue weighted by Crippen LogP contribution is -2.31. The highest BCUT2D eigenvalue weighted by Gasteiger charge is 2.54. The van der Waals surface area contributed by atoms with Gasteiger partial charge in [0.25, 0.3) is 0 Å². The lowest BCUT2D eigenvalue weighted by molar-refractivity contribution is -0.182. The van der Waals surface area contributed by atoms with Crippen LogP contribution >= 0.6 is 0 Å². The van der Waals surface area contributed by atoms with Gasteiger partial charge in [0.15, 0.2) is 0 Å². The zero-order valence-electron chi connectivity index (χ0n) is 9.01. The molecule has 1 fully saturated rings. The molecule has 1 aliphatic rings. The molecule has 0 heterocycles. The third kappa shape index (κ3) is 2.58. The normalized spacial score (nSPS) is 27.3. The Hall–Kier alpha value is -0.870. The second kappa shape index (κ2) is 3.94. The van der Waals surface area contributed by atoms with E-state index in [0.717, 1.165) is 0 Å². The maximum Gasteiger partial charge on any atom is 0.392 e. The topological polar surface area (TPSA) is 29.3 Å². The van der Waals surface area contributed by atoms with Crippen molar-refractivity contribution in [1.82, 2.24) is 4.90 Å². The zero-order valence-corrected chi connectivity index (χ0v) is 9.01. The van der Waals surface area contributed by atoms with Gasteiger partial charge in [-0.1, -0.05) is 13.5 Å². The molecule has 5 heteroatoms. The Labute approximate surface area is 87.9 Å². The van der Waals surface area contributed by atoms with Crippen LogP contribution < -0.4 is 5.73 Å². The first-order valence-electron chi connectivity index (χ1n) is 5.03. The number of halogens is 3. The van der Waals surface area contributed by atoms with Gasteiger partial charge in [-0.3, -0.25) is 0 Å². The predicted octanol–water partition coefficient (Wildman–Crippen LogP) is 2.33. The van der Waals surface area contributed by atoms with Crippen LogP contribution in [0.2, 0.25) is 0 Å². The van der Waals surface area contributed by atoms with Crippen molar-refractivity contribution < 1.29 is 13.2 Å². The minimum Gasteiger partial charge on any atom is -0.386 e. The minimum absolute atomic E-state index is 0.0888. The maximum absolute atomic E-state index is 12.6. The van der Waals surface area contributed by atoms with Crippen LogP contribution in [0.25, 0.3) is 0 Å². The van der Waals surface area contributed by atoms with Gasteiger partial charge in [0.1, 0.15) is 0 Å². The summed E-state index contributed by atoms with van der Waals surface area (Å²) in [6.07, 6.45) is -3.40. The highest BCUT2D eigenvalue weighted by molar-refractivity contribution is 5.04. The molecule has 1 saturated carbocycles. The second-order valence-corrected chi connectivity index (χ2v) is 4.13. The largest absolute Gasteiger partial charge is 0.392 e. The Morgan fingerprint density at radius 1 is 1.60 bits per heavy atom. The molecule has 3 unspecified atom stereocenters. The van der Waals surface area contributed by atoms with Crippen LogP contribution in [-0.4, -0.2) is 24.2 Å². The molecule has 1 rings (SSSR count). The SMILES string of the molecule is C=C(N)N(C)C1CC1C(CC)C(F)(F)F. The fourth-order valence-corrected chi connectivity index (χ4v) is 2.07. The Bertz CT molecular complexity index is 250. The minimum atomic E-state index is -4.09. The van der Waals surface area contributed by atoms with E-state index in [4.69, 9.17) is 5.73 Å². The van der Waals surface area contributed by atoms with Gasteiger partial charge in [-0.15, -0.1) is 0 Å².